The molecule has 112 valence electrons. The zero-order valence-corrected chi connectivity index (χ0v) is 11.5. The average Bonchev–Trinajstić information content (AvgIpc) is 2.33. The van der Waals surface area contributed by atoms with Gasteiger partial charge in [-0.05, 0) is 0 Å². The molecule has 0 unspecified atom stereocenters. The lowest BCUT2D eigenvalue weighted by atomic mass is 10.5. The third kappa shape index (κ3) is 13.3. The van der Waals surface area contributed by atoms with Crippen LogP contribution >= 0.6 is 0 Å². The van der Waals surface area contributed by atoms with Gasteiger partial charge in [-0.1, -0.05) is 10.2 Å². The van der Waals surface area contributed by atoms with Gasteiger partial charge in [0, 0.05) is 40.3 Å². The maximum atomic E-state index is 10.8. The first-order valence-corrected chi connectivity index (χ1v) is 5.06. The van der Waals surface area contributed by atoms with Crippen LogP contribution in [0.2, 0.25) is 0 Å². The van der Waals surface area contributed by atoms with Crippen molar-refractivity contribution in [3.63, 3.8) is 0 Å². The third-order valence-electron chi connectivity index (χ3n) is 1.35. The van der Waals surface area contributed by atoms with Crippen molar-refractivity contribution in [1.29, 1.82) is 0 Å². The summed E-state index contributed by atoms with van der Waals surface area (Å²) in [7, 11) is 6.12. The summed E-state index contributed by atoms with van der Waals surface area (Å²) in [6.45, 7) is 0. The largest absolute Gasteiger partial charge is 0.478 e. The quantitative estimate of drug-likeness (QED) is 0.560. The molecule has 0 aliphatic carbocycles. The van der Waals surface area contributed by atoms with E-state index >= 15 is 0 Å². The van der Waals surface area contributed by atoms with Crippen molar-refractivity contribution in [1.82, 2.24) is 9.80 Å². The molecule has 2 N–H and O–H groups in total. The second-order valence-electron chi connectivity index (χ2n) is 3.56. The summed E-state index contributed by atoms with van der Waals surface area (Å²) in [5.74, 6) is -2.51. The number of carbonyl (C=O) groups is 4. The first-order valence-electron chi connectivity index (χ1n) is 5.06. The van der Waals surface area contributed by atoms with Crippen molar-refractivity contribution in [2.75, 3.05) is 28.2 Å². The number of carboxylic acid groups (broad SMARTS) is 2. The molecule has 0 heterocycles. The molecule has 0 bridgehead atoms. The number of hydrogen-bond acceptors (Lipinski definition) is 4. The maximum absolute atomic E-state index is 10.8. The molecule has 0 spiro atoms. The highest BCUT2D eigenvalue weighted by atomic mass is 16.4. The van der Waals surface area contributed by atoms with Crippen LogP contribution in [-0.4, -0.2) is 72.2 Å². The fourth-order valence-electron chi connectivity index (χ4n) is 0.407. The molecule has 0 saturated carbocycles. The molecule has 0 aliphatic rings. The monoisotopic (exact) mass is 288 g/mol. The highest BCUT2D eigenvalue weighted by Crippen LogP contribution is 1.89. The topological polar surface area (TPSA) is 140 Å². The molecule has 20 heavy (non-hydrogen) atoms. The van der Waals surface area contributed by atoms with Crippen LogP contribution in [0, 0.1) is 0 Å². The molecular formula is C10H16N4O6. The Morgan fingerprint density at radius 1 is 0.750 bits per heavy atom. The summed E-state index contributed by atoms with van der Waals surface area (Å²) in [5.41, 5.74) is 0. The molecule has 0 atom stereocenters. The van der Waals surface area contributed by atoms with Crippen LogP contribution in [-0.2, 0) is 9.59 Å². The summed E-state index contributed by atoms with van der Waals surface area (Å²) in [6, 6.07) is -1.10. The molecule has 0 radical (unpaired) electrons. The number of carbonyl (C=O) groups excluding carboxylic acids is 2. The van der Waals surface area contributed by atoms with E-state index in [-0.39, 0.29) is 0 Å². The standard InChI is InChI=1S/C6H12N4O2.C4H4O4/c1-9(2)5(11)7-8-6(12)10(3)4;5-3(6)1-2-4(7)8/h1-4H3;1-2H,(H,5,6)(H,7,8)/b;2-1+. The molecule has 0 aromatic rings. The van der Waals surface area contributed by atoms with Crippen LogP contribution < -0.4 is 0 Å². The average molecular weight is 288 g/mol. The number of aliphatic carboxylic acids is 2. The zero-order valence-electron chi connectivity index (χ0n) is 11.5. The number of azo groups is 1. The van der Waals surface area contributed by atoms with Crippen LogP contribution in [0.1, 0.15) is 0 Å². The van der Waals surface area contributed by atoms with Gasteiger partial charge < -0.3 is 20.0 Å². The number of rotatable bonds is 2. The fraction of sp³-hybridized carbons (Fsp3) is 0.400. The Hall–Kier alpha value is -2.78. The minimum atomic E-state index is -1.26. The Morgan fingerprint density at radius 3 is 1.15 bits per heavy atom. The minimum Gasteiger partial charge on any atom is -0.478 e. The van der Waals surface area contributed by atoms with Crippen LogP contribution in [0.3, 0.4) is 0 Å². The number of urea groups is 2. The van der Waals surface area contributed by atoms with Gasteiger partial charge >= 0.3 is 24.0 Å². The Kier molecular flexibility index (Phi) is 9.95. The second kappa shape index (κ2) is 10.2. The van der Waals surface area contributed by atoms with E-state index in [9.17, 15) is 19.2 Å². The molecule has 0 aliphatic heterocycles. The van der Waals surface area contributed by atoms with Gasteiger partial charge in [0.05, 0.1) is 0 Å². The summed E-state index contributed by atoms with van der Waals surface area (Å²) in [4.78, 5) is 43.1. The first kappa shape index (κ1) is 19.6. The van der Waals surface area contributed by atoms with Crippen LogP contribution in [0.4, 0.5) is 9.59 Å². The number of hydrogen-bond donors (Lipinski definition) is 2. The number of amides is 4. The molecule has 10 nitrogen and oxygen atoms in total. The molecule has 4 amide bonds. The van der Waals surface area contributed by atoms with Gasteiger partial charge in [-0.2, -0.15) is 0 Å². The van der Waals surface area contributed by atoms with E-state index in [0.717, 1.165) is 0 Å². The molecule has 0 rings (SSSR count). The summed E-state index contributed by atoms with van der Waals surface area (Å²) in [6.07, 6.45) is 1.12. The van der Waals surface area contributed by atoms with Crippen molar-refractivity contribution in [3.05, 3.63) is 12.2 Å². The SMILES string of the molecule is CN(C)C(=O)N=NC(=O)N(C)C.O=C(O)/C=C/C(=O)O. The van der Waals surface area contributed by atoms with Crippen molar-refractivity contribution >= 4 is 24.0 Å². The summed E-state index contributed by atoms with van der Waals surface area (Å²) in [5, 5.41) is 22.0. The fourth-order valence-corrected chi connectivity index (χ4v) is 0.407. The van der Waals surface area contributed by atoms with E-state index in [2.05, 4.69) is 10.2 Å². The van der Waals surface area contributed by atoms with Crippen molar-refractivity contribution < 1.29 is 29.4 Å². The van der Waals surface area contributed by atoms with Gasteiger partial charge in [-0.3, -0.25) is 0 Å². The van der Waals surface area contributed by atoms with E-state index < -0.39 is 24.0 Å². The lowest BCUT2D eigenvalue weighted by molar-refractivity contribution is -0.134. The van der Waals surface area contributed by atoms with E-state index in [1.807, 2.05) is 0 Å². The van der Waals surface area contributed by atoms with Gasteiger partial charge in [0.1, 0.15) is 0 Å². The second-order valence-corrected chi connectivity index (χ2v) is 3.56. The number of carboxylic acids is 2. The van der Waals surface area contributed by atoms with Crippen molar-refractivity contribution in [2.45, 2.75) is 0 Å². The zero-order chi connectivity index (χ0) is 16.3. The summed E-state index contributed by atoms with van der Waals surface area (Å²) >= 11 is 0. The third-order valence-corrected chi connectivity index (χ3v) is 1.35. The maximum Gasteiger partial charge on any atom is 0.361 e. The Morgan fingerprint density at radius 2 is 1.00 bits per heavy atom. The predicted molar refractivity (Wildman–Crippen MR) is 67.4 cm³/mol. The lowest BCUT2D eigenvalue weighted by Crippen LogP contribution is -2.20. The van der Waals surface area contributed by atoms with Crippen molar-refractivity contribution in [3.8, 4) is 0 Å². The normalized spacial score (nSPS) is 9.80. The molecule has 0 aromatic heterocycles. The van der Waals surface area contributed by atoms with Gasteiger partial charge in [-0.25, -0.2) is 19.2 Å². The Labute approximate surface area is 115 Å². The molecule has 0 saturated heterocycles. The lowest BCUT2D eigenvalue weighted by Gasteiger charge is -2.05. The molecule has 0 fully saturated rings. The molecular weight excluding hydrogens is 272 g/mol. The van der Waals surface area contributed by atoms with Gasteiger partial charge in [0.25, 0.3) is 0 Å². The highest BCUT2D eigenvalue weighted by Gasteiger charge is 2.03. The highest BCUT2D eigenvalue weighted by molar-refractivity contribution is 5.89. The molecule has 10 heteroatoms. The molecule has 0 aromatic carbocycles. The van der Waals surface area contributed by atoms with E-state index in [1.54, 1.807) is 0 Å². The Bertz CT molecular complexity index is 389. The van der Waals surface area contributed by atoms with Crippen LogP contribution in [0.15, 0.2) is 22.4 Å². The number of nitrogens with zero attached hydrogens (tertiary/aromatic N) is 4. The van der Waals surface area contributed by atoms with Crippen molar-refractivity contribution in [2.24, 2.45) is 10.2 Å². The predicted octanol–water partition coefficient (Wildman–Crippen LogP) is 0.514. The van der Waals surface area contributed by atoms with Crippen LogP contribution in [0.5, 0.6) is 0 Å². The minimum absolute atomic E-state index is 0.551. The first-order chi connectivity index (χ1) is 9.07. The van der Waals surface area contributed by atoms with E-state index in [4.69, 9.17) is 10.2 Å². The Balaban J connectivity index is 0. The smallest absolute Gasteiger partial charge is 0.361 e. The van der Waals surface area contributed by atoms with E-state index in [1.165, 1.54) is 38.0 Å². The van der Waals surface area contributed by atoms with E-state index in [0.29, 0.717) is 12.2 Å². The van der Waals surface area contributed by atoms with Gasteiger partial charge in [0.2, 0.25) is 0 Å². The summed E-state index contributed by atoms with van der Waals surface area (Å²) < 4.78 is 0. The van der Waals surface area contributed by atoms with Crippen LogP contribution in [0.25, 0.3) is 0 Å². The van der Waals surface area contributed by atoms with Gasteiger partial charge in [0.15, 0.2) is 0 Å². The van der Waals surface area contributed by atoms with Gasteiger partial charge in [-0.15, -0.1) is 0 Å².